The van der Waals surface area contributed by atoms with E-state index in [1.807, 2.05) is 21.1 Å². The second kappa shape index (κ2) is 55.2. The summed E-state index contributed by atoms with van der Waals surface area (Å²) in [4.78, 5) is 37.5. The zero-order chi connectivity index (χ0) is 53.4. The molecular weight excluding hydrogens is 911 g/mol. The molecule has 73 heavy (non-hydrogen) atoms. The second-order valence-electron chi connectivity index (χ2n) is 21.6. The molecular formula is C64H116NO8+. The van der Waals surface area contributed by atoms with Gasteiger partial charge in [0.2, 0.25) is 0 Å². The quantitative estimate of drug-likeness (QED) is 0.0211. The highest BCUT2D eigenvalue weighted by Gasteiger charge is 2.25. The number of quaternary nitrogens is 1. The fraction of sp³-hybridized carbons (Fsp3) is 0.797. The van der Waals surface area contributed by atoms with Crippen molar-refractivity contribution in [3.05, 3.63) is 60.8 Å². The molecule has 0 aliphatic rings. The molecule has 0 amide bonds. The van der Waals surface area contributed by atoms with E-state index >= 15 is 0 Å². The van der Waals surface area contributed by atoms with Crippen LogP contribution in [-0.2, 0) is 33.3 Å². The highest BCUT2D eigenvalue weighted by molar-refractivity contribution is 5.71. The number of hydrogen-bond acceptors (Lipinski definition) is 7. The Balaban J connectivity index is 4.21. The highest BCUT2D eigenvalue weighted by atomic mass is 16.7. The standard InChI is InChI=1S/C64H115NO8/c1-6-8-10-12-14-16-18-20-22-24-26-28-29-30-31-32-33-35-37-39-41-43-45-47-49-51-53-55-62(67)73-60(59-72-64(63(68)69)70-57-56-65(3,4)5)58-71-61(66)54-52-50-48-46-44-42-40-38-36-34-27-25-23-21-19-17-15-13-11-9-7-2/h8,10,14,16,20,22,26,28,30-31,60,64H,6-7,9,11-13,15,17-19,21,23-25,27,29,32-59H2,1-5H3/p+1/b10-8-,16-14-,22-20-,28-26-,31-30-. The zero-order valence-corrected chi connectivity index (χ0v) is 48.3. The number of nitrogens with zero attached hydrogens (tertiary/aromatic N) is 1. The summed E-state index contributed by atoms with van der Waals surface area (Å²) in [5.74, 6) is -2.00. The van der Waals surface area contributed by atoms with Crippen molar-refractivity contribution in [2.24, 2.45) is 0 Å². The van der Waals surface area contributed by atoms with Crippen LogP contribution in [0, 0.1) is 0 Å². The molecule has 2 atom stereocenters. The van der Waals surface area contributed by atoms with Gasteiger partial charge in [0.15, 0.2) is 6.10 Å². The molecule has 0 aliphatic heterocycles. The van der Waals surface area contributed by atoms with Gasteiger partial charge in [0.25, 0.3) is 6.29 Å². The van der Waals surface area contributed by atoms with Crippen molar-refractivity contribution in [3.8, 4) is 0 Å². The summed E-state index contributed by atoms with van der Waals surface area (Å²) in [6.45, 7) is 4.80. The van der Waals surface area contributed by atoms with E-state index in [0.29, 0.717) is 17.4 Å². The maximum atomic E-state index is 12.9. The molecule has 0 heterocycles. The smallest absolute Gasteiger partial charge is 0.361 e. The van der Waals surface area contributed by atoms with E-state index < -0.39 is 24.3 Å². The van der Waals surface area contributed by atoms with Crippen LogP contribution in [-0.4, -0.2) is 87.4 Å². The lowest BCUT2D eigenvalue weighted by Gasteiger charge is -2.25. The number of esters is 2. The molecule has 0 aliphatic carbocycles. The van der Waals surface area contributed by atoms with Gasteiger partial charge in [-0.2, -0.15) is 0 Å². The zero-order valence-electron chi connectivity index (χ0n) is 48.3. The van der Waals surface area contributed by atoms with Crippen LogP contribution in [0.3, 0.4) is 0 Å². The van der Waals surface area contributed by atoms with Gasteiger partial charge in [-0.3, -0.25) is 9.59 Å². The van der Waals surface area contributed by atoms with Crippen LogP contribution >= 0.6 is 0 Å². The van der Waals surface area contributed by atoms with Crippen LogP contribution in [0.5, 0.6) is 0 Å². The Labute approximate surface area is 450 Å². The maximum absolute atomic E-state index is 12.9. The Hall–Kier alpha value is -3.01. The molecule has 1 N–H and O–H groups in total. The summed E-state index contributed by atoms with van der Waals surface area (Å²) >= 11 is 0. The van der Waals surface area contributed by atoms with Gasteiger partial charge >= 0.3 is 17.9 Å². The van der Waals surface area contributed by atoms with Gasteiger partial charge in [-0.25, -0.2) is 4.79 Å². The van der Waals surface area contributed by atoms with Crippen LogP contribution in [0.4, 0.5) is 0 Å². The van der Waals surface area contributed by atoms with Gasteiger partial charge in [0.1, 0.15) is 13.2 Å². The van der Waals surface area contributed by atoms with Crippen LogP contribution < -0.4 is 0 Å². The maximum Gasteiger partial charge on any atom is 0.361 e. The van der Waals surface area contributed by atoms with Gasteiger partial charge in [-0.15, -0.1) is 0 Å². The van der Waals surface area contributed by atoms with E-state index in [0.717, 1.165) is 77.0 Å². The Bertz CT molecular complexity index is 1380. The predicted octanol–water partition coefficient (Wildman–Crippen LogP) is 18.0. The van der Waals surface area contributed by atoms with Crippen LogP contribution in [0.2, 0.25) is 0 Å². The summed E-state index contributed by atoms with van der Waals surface area (Å²) in [6.07, 6.45) is 67.3. The molecule has 0 bridgehead atoms. The van der Waals surface area contributed by atoms with E-state index in [4.69, 9.17) is 18.9 Å². The second-order valence-corrected chi connectivity index (χ2v) is 21.6. The van der Waals surface area contributed by atoms with Crippen molar-refractivity contribution >= 4 is 17.9 Å². The van der Waals surface area contributed by atoms with Crippen molar-refractivity contribution in [1.82, 2.24) is 0 Å². The number of unbranched alkanes of at least 4 members (excludes halogenated alkanes) is 31. The lowest BCUT2D eigenvalue weighted by molar-refractivity contribution is -0.870. The fourth-order valence-electron chi connectivity index (χ4n) is 8.63. The lowest BCUT2D eigenvalue weighted by atomic mass is 10.0. The van der Waals surface area contributed by atoms with Gasteiger partial charge in [-0.1, -0.05) is 261 Å². The van der Waals surface area contributed by atoms with Crippen molar-refractivity contribution < 1.29 is 42.9 Å². The first-order valence-electron chi connectivity index (χ1n) is 30.5. The fourth-order valence-corrected chi connectivity index (χ4v) is 8.63. The normalized spacial score (nSPS) is 13.2. The number of carbonyl (C=O) groups is 3. The molecule has 0 aromatic rings. The molecule has 424 valence electrons. The van der Waals surface area contributed by atoms with Crippen LogP contribution in [0.15, 0.2) is 60.8 Å². The first-order chi connectivity index (χ1) is 35.6. The van der Waals surface area contributed by atoms with Gasteiger partial charge in [-0.05, 0) is 57.8 Å². The minimum Gasteiger partial charge on any atom is -0.477 e. The highest BCUT2D eigenvalue weighted by Crippen LogP contribution is 2.17. The molecule has 2 unspecified atom stereocenters. The average Bonchev–Trinajstić information content (AvgIpc) is 3.36. The molecule has 0 fully saturated rings. The third-order valence-electron chi connectivity index (χ3n) is 13.3. The summed E-state index contributed by atoms with van der Waals surface area (Å²) in [6, 6.07) is 0. The topological polar surface area (TPSA) is 108 Å². The van der Waals surface area contributed by atoms with E-state index in [1.165, 1.54) is 167 Å². The number of aliphatic carboxylic acids is 1. The minimum atomic E-state index is -1.51. The van der Waals surface area contributed by atoms with Crippen LogP contribution in [0.1, 0.15) is 271 Å². The Kier molecular flexibility index (Phi) is 53.0. The Morgan fingerprint density at radius 3 is 1.16 bits per heavy atom. The number of rotatable bonds is 56. The first-order valence-corrected chi connectivity index (χ1v) is 30.5. The minimum absolute atomic E-state index is 0.181. The molecule has 0 saturated heterocycles. The number of hydrogen-bond donors (Lipinski definition) is 1. The number of ether oxygens (including phenoxy) is 4. The van der Waals surface area contributed by atoms with Gasteiger partial charge in [0.05, 0.1) is 34.4 Å². The van der Waals surface area contributed by atoms with Crippen LogP contribution in [0.25, 0.3) is 0 Å². The first kappa shape index (κ1) is 70.0. The number of carboxylic acids is 1. The third kappa shape index (κ3) is 56.6. The summed E-state index contributed by atoms with van der Waals surface area (Å²) in [5.41, 5.74) is 0. The van der Waals surface area contributed by atoms with E-state index in [9.17, 15) is 19.5 Å². The lowest BCUT2D eigenvalue weighted by Crippen LogP contribution is -2.40. The van der Waals surface area contributed by atoms with E-state index in [-0.39, 0.29) is 32.2 Å². The number of allylic oxidation sites excluding steroid dienone is 10. The Morgan fingerprint density at radius 1 is 0.425 bits per heavy atom. The predicted molar refractivity (Wildman–Crippen MR) is 309 cm³/mol. The SMILES string of the molecule is CC/C=C\C/C=C\C/C=C\C/C=C\C/C=C\CCCCCCCCCCCCCC(=O)OC(COC(=O)CCCCCCCCCCCCCCCCCCCCCCC)COC(OCC[N+](C)(C)C)C(=O)O. The molecule has 0 rings (SSSR count). The Morgan fingerprint density at radius 2 is 0.781 bits per heavy atom. The number of carboxylic acid groups (broad SMARTS) is 1. The molecule has 0 saturated carbocycles. The monoisotopic (exact) mass is 1030 g/mol. The van der Waals surface area contributed by atoms with Crippen molar-refractivity contribution in [2.75, 3.05) is 47.5 Å². The van der Waals surface area contributed by atoms with E-state index in [1.54, 1.807) is 0 Å². The third-order valence-corrected chi connectivity index (χ3v) is 13.3. The van der Waals surface area contributed by atoms with E-state index in [2.05, 4.69) is 74.6 Å². The van der Waals surface area contributed by atoms with Crippen molar-refractivity contribution in [3.63, 3.8) is 0 Å². The largest absolute Gasteiger partial charge is 0.477 e. The average molecular weight is 1030 g/mol. The summed E-state index contributed by atoms with van der Waals surface area (Å²) in [5, 5.41) is 9.71. The molecule has 0 aromatic heterocycles. The number of carbonyl (C=O) groups excluding carboxylic acids is 2. The number of likely N-dealkylation sites (N-methyl/N-ethyl adjacent to an activating group) is 1. The molecule has 0 radical (unpaired) electrons. The van der Waals surface area contributed by atoms with Gasteiger partial charge in [0, 0.05) is 12.8 Å². The van der Waals surface area contributed by atoms with Gasteiger partial charge < -0.3 is 28.5 Å². The molecule has 0 aromatic carbocycles. The molecule has 9 heteroatoms. The molecule has 9 nitrogen and oxygen atoms in total. The van der Waals surface area contributed by atoms with Crippen molar-refractivity contribution in [2.45, 2.75) is 283 Å². The molecule has 0 spiro atoms. The van der Waals surface area contributed by atoms with Crippen molar-refractivity contribution in [1.29, 1.82) is 0 Å². The summed E-state index contributed by atoms with van der Waals surface area (Å²) < 4.78 is 22.9. The summed E-state index contributed by atoms with van der Waals surface area (Å²) in [7, 11) is 5.97.